The molecule has 1 aliphatic rings. The first-order valence-corrected chi connectivity index (χ1v) is 5.96. The van der Waals surface area contributed by atoms with Crippen molar-refractivity contribution in [2.45, 2.75) is 20.3 Å². The Bertz CT molecular complexity index is 455. The van der Waals surface area contributed by atoms with Crippen LogP contribution in [0.2, 0.25) is 10.2 Å². The van der Waals surface area contributed by atoms with E-state index in [1.807, 2.05) is 19.9 Å². The minimum atomic E-state index is 0.487. The van der Waals surface area contributed by atoms with Gasteiger partial charge in [-0.1, -0.05) is 29.3 Å². The van der Waals surface area contributed by atoms with Gasteiger partial charge >= 0.3 is 0 Å². The minimum absolute atomic E-state index is 0.487. The van der Waals surface area contributed by atoms with E-state index in [0.717, 1.165) is 28.8 Å². The molecule has 0 aromatic carbocycles. The zero-order chi connectivity index (χ0) is 11.7. The fourth-order valence-electron chi connectivity index (χ4n) is 1.75. The number of hydrogen-bond donors (Lipinski definition) is 0. The van der Waals surface area contributed by atoms with Crippen LogP contribution in [0.15, 0.2) is 6.08 Å². The second kappa shape index (κ2) is 4.74. The number of ether oxygens (including phenoxy) is 1. The second-order valence-electron chi connectivity index (χ2n) is 3.86. The van der Waals surface area contributed by atoms with E-state index in [9.17, 15) is 0 Å². The van der Waals surface area contributed by atoms with Crippen molar-refractivity contribution in [2.75, 3.05) is 13.2 Å². The van der Waals surface area contributed by atoms with Crippen LogP contribution in [0.25, 0.3) is 5.57 Å². The van der Waals surface area contributed by atoms with Gasteiger partial charge in [-0.3, -0.25) is 0 Å². The van der Waals surface area contributed by atoms with Gasteiger partial charge in [-0.05, 0) is 31.4 Å². The first-order chi connectivity index (χ1) is 7.61. The van der Waals surface area contributed by atoms with Crippen LogP contribution in [-0.2, 0) is 4.74 Å². The molecule has 1 aromatic rings. The Morgan fingerprint density at radius 1 is 1.31 bits per heavy atom. The average Bonchev–Trinajstić information content (AvgIpc) is 2.28. The van der Waals surface area contributed by atoms with Gasteiger partial charge in [0.05, 0.1) is 18.2 Å². The number of halogens is 2. The van der Waals surface area contributed by atoms with Gasteiger partial charge < -0.3 is 4.74 Å². The molecule has 1 aliphatic heterocycles. The van der Waals surface area contributed by atoms with E-state index < -0.39 is 0 Å². The highest BCUT2D eigenvalue weighted by Crippen LogP contribution is 2.35. The Morgan fingerprint density at radius 2 is 2.06 bits per heavy atom. The normalized spacial score (nSPS) is 16.1. The summed E-state index contributed by atoms with van der Waals surface area (Å²) in [7, 11) is 0. The summed E-state index contributed by atoms with van der Waals surface area (Å²) in [4.78, 5) is 4.31. The Hall–Kier alpha value is -0.570. The van der Waals surface area contributed by atoms with Crippen molar-refractivity contribution in [3.63, 3.8) is 0 Å². The van der Waals surface area contributed by atoms with Crippen molar-refractivity contribution < 1.29 is 4.74 Å². The predicted molar refractivity (Wildman–Crippen MR) is 67.1 cm³/mol. The maximum Gasteiger partial charge on any atom is 0.138 e. The maximum atomic E-state index is 6.33. The molecular formula is C12H13Cl2NO. The van der Waals surface area contributed by atoms with Gasteiger partial charge in [0.2, 0.25) is 0 Å². The third-order valence-electron chi connectivity index (χ3n) is 2.85. The first-order valence-electron chi connectivity index (χ1n) is 5.20. The lowest BCUT2D eigenvalue weighted by molar-refractivity contribution is 0.161. The highest BCUT2D eigenvalue weighted by atomic mass is 35.5. The lowest BCUT2D eigenvalue weighted by atomic mass is 10.0. The summed E-state index contributed by atoms with van der Waals surface area (Å²) in [5.41, 5.74) is 3.88. The molecule has 2 heterocycles. The molecule has 0 fully saturated rings. The Labute approximate surface area is 105 Å². The van der Waals surface area contributed by atoms with Gasteiger partial charge in [-0.25, -0.2) is 4.98 Å². The molecule has 0 atom stereocenters. The number of pyridine rings is 1. The summed E-state index contributed by atoms with van der Waals surface area (Å²) in [5.74, 6) is 0. The van der Waals surface area contributed by atoms with Crippen molar-refractivity contribution in [2.24, 2.45) is 0 Å². The molecule has 16 heavy (non-hydrogen) atoms. The van der Waals surface area contributed by atoms with Crippen LogP contribution in [-0.4, -0.2) is 18.2 Å². The SMILES string of the molecule is Cc1nc(Cl)c(C2=CCOCC2)c(Cl)c1C. The summed E-state index contributed by atoms with van der Waals surface area (Å²) in [5, 5.41) is 1.20. The van der Waals surface area contributed by atoms with Gasteiger partial charge in [0.15, 0.2) is 0 Å². The van der Waals surface area contributed by atoms with Crippen molar-refractivity contribution in [3.8, 4) is 0 Å². The number of nitrogens with zero attached hydrogens (tertiary/aromatic N) is 1. The molecule has 2 rings (SSSR count). The van der Waals surface area contributed by atoms with Crippen LogP contribution in [0.1, 0.15) is 23.2 Å². The van der Waals surface area contributed by atoms with Gasteiger partial charge in [0, 0.05) is 11.3 Å². The summed E-state index contributed by atoms with van der Waals surface area (Å²) < 4.78 is 5.27. The standard InChI is InChI=1S/C12H13Cl2NO/c1-7-8(2)15-12(14)10(11(7)13)9-3-5-16-6-4-9/h3H,4-6H2,1-2H3. The third-order valence-corrected chi connectivity index (χ3v) is 3.59. The molecule has 0 unspecified atom stereocenters. The fourth-order valence-corrected chi connectivity index (χ4v) is 2.49. The van der Waals surface area contributed by atoms with Gasteiger partial charge in [-0.15, -0.1) is 0 Å². The molecule has 4 heteroatoms. The highest BCUT2D eigenvalue weighted by molar-refractivity contribution is 6.37. The quantitative estimate of drug-likeness (QED) is 0.714. The van der Waals surface area contributed by atoms with Crippen LogP contribution in [0.5, 0.6) is 0 Å². The van der Waals surface area contributed by atoms with E-state index in [0.29, 0.717) is 23.4 Å². The minimum Gasteiger partial charge on any atom is -0.377 e. The second-order valence-corrected chi connectivity index (χ2v) is 4.59. The number of hydrogen-bond acceptors (Lipinski definition) is 2. The molecule has 0 bridgehead atoms. The van der Waals surface area contributed by atoms with E-state index in [1.54, 1.807) is 0 Å². The van der Waals surface area contributed by atoms with Crippen LogP contribution < -0.4 is 0 Å². The van der Waals surface area contributed by atoms with Crippen molar-refractivity contribution in [1.29, 1.82) is 0 Å². The number of aromatic nitrogens is 1. The maximum absolute atomic E-state index is 6.33. The summed E-state index contributed by atoms with van der Waals surface area (Å²) in [6, 6.07) is 0. The predicted octanol–water partition coefficient (Wildman–Crippen LogP) is 3.81. The third kappa shape index (κ3) is 2.10. The Kier molecular flexibility index (Phi) is 3.53. The van der Waals surface area contributed by atoms with Crippen molar-refractivity contribution in [3.05, 3.63) is 33.1 Å². The molecule has 0 spiro atoms. The van der Waals surface area contributed by atoms with Crippen molar-refractivity contribution in [1.82, 2.24) is 4.98 Å². The molecule has 0 aliphatic carbocycles. The Balaban J connectivity index is 2.56. The van der Waals surface area contributed by atoms with Gasteiger partial charge in [0.25, 0.3) is 0 Å². The highest BCUT2D eigenvalue weighted by Gasteiger charge is 2.17. The molecule has 0 saturated heterocycles. The van der Waals surface area contributed by atoms with E-state index in [4.69, 9.17) is 27.9 Å². The van der Waals surface area contributed by atoms with Crippen LogP contribution in [0.4, 0.5) is 0 Å². The van der Waals surface area contributed by atoms with Gasteiger partial charge in [-0.2, -0.15) is 0 Å². The molecule has 1 aromatic heterocycles. The fraction of sp³-hybridized carbons (Fsp3) is 0.417. The van der Waals surface area contributed by atoms with E-state index >= 15 is 0 Å². The van der Waals surface area contributed by atoms with Gasteiger partial charge in [0.1, 0.15) is 5.15 Å². The Morgan fingerprint density at radius 3 is 2.69 bits per heavy atom. The topological polar surface area (TPSA) is 22.1 Å². The molecule has 86 valence electrons. The van der Waals surface area contributed by atoms with Crippen LogP contribution in [0, 0.1) is 13.8 Å². The molecule has 0 saturated carbocycles. The number of aryl methyl sites for hydroxylation is 1. The summed E-state index contributed by atoms with van der Waals surface area (Å²) >= 11 is 12.5. The molecular weight excluding hydrogens is 245 g/mol. The zero-order valence-corrected chi connectivity index (χ0v) is 10.8. The van der Waals surface area contributed by atoms with Crippen LogP contribution >= 0.6 is 23.2 Å². The summed E-state index contributed by atoms with van der Waals surface area (Å²) in [6.45, 7) is 5.21. The monoisotopic (exact) mass is 257 g/mol. The summed E-state index contributed by atoms with van der Waals surface area (Å²) in [6.07, 6.45) is 2.86. The first kappa shape index (κ1) is 11.9. The van der Waals surface area contributed by atoms with E-state index in [1.165, 1.54) is 0 Å². The van der Waals surface area contributed by atoms with Crippen molar-refractivity contribution >= 4 is 28.8 Å². The molecule has 2 nitrogen and oxygen atoms in total. The van der Waals surface area contributed by atoms with E-state index in [2.05, 4.69) is 4.98 Å². The van der Waals surface area contributed by atoms with E-state index in [-0.39, 0.29) is 0 Å². The van der Waals surface area contributed by atoms with Crippen LogP contribution in [0.3, 0.4) is 0 Å². The zero-order valence-electron chi connectivity index (χ0n) is 9.31. The smallest absolute Gasteiger partial charge is 0.138 e. The molecule has 0 radical (unpaired) electrons. The lowest BCUT2D eigenvalue weighted by Crippen LogP contribution is -2.06. The molecule has 0 N–H and O–H groups in total. The largest absolute Gasteiger partial charge is 0.377 e. The number of rotatable bonds is 1. The lowest BCUT2D eigenvalue weighted by Gasteiger charge is -2.17. The molecule has 0 amide bonds. The average molecular weight is 258 g/mol.